The summed E-state index contributed by atoms with van der Waals surface area (Å²) in [4.78, 5) is 0. The molecule has 4 nitrogen and oxygen atoms in total. The van der Waals surface area contributed by atoms with Crippen LogP contribution in [0, 0.1) is 0 Å². The molecule has 17 heavy (non-hydrogen) atoms. The minimum absolute atomic E-state index is 0.837. The van der Waals surface area contributed by atoms with Crippen LogP contribution in [0.2, 0.25) is 0 Å². The highest BCUT2D eigenvalue weighted by molar-refractivity contribution is 5.81. The van der Waals surface area contributed by atoms with E-state index in [4.69, 9.17) is 0 Å². The fourth-order valence-corrected chi connectivity index (χ4v) is 1.92. The topological polar surface area (TPSA) is 45.6 Å². The number of nitrogens with one attached hydrogen (secondary N) is 2. The largest absolute Gasteiger partial charge is 0.381 e. The molecule has 0 saturated carbocycles. The highest BCUT2D eigenvalue weighted by Crippen LogP contribution is 2.17. The first-order chi connectivity index (χ1) is 8.31. The monoisotopic (exact) mass is 226 g/mol. The number of aromatic amines is 1. The van der Waals surface area contributed by atoms with E-state index in [0.717, 1.165) is 23.1 Å². The summed E-state index contributed by atoms with van der Waals surface area (Å²) < 4.78 is 2.05. The van der Waals surface area contributed by atoms with Crippen molar-refractivity contribution in [3.05, 3.63) is 48.4 Å². The smallest absolute Gasteiger partial charge is 0.0651 e. The number of anilines is 1. The van der Waals surface area contributed by atoms with Crippen LogP contribution in [-0.2, 0) is 13.6 Å². The molecule has 0 fully saturated rings. The Labute approximate surface area is 99.3 Å². The lowest BCUT2D eigenvalue weighted by Gasteiger charge is -2.04. The highest BCUT2D eigenvalue weighted by Gasteiger charge is 1.98. The second-order valence-corrected chi connectivity index (χ2v) is 4.21. The van der Waals surface area contributed by atoms with Crippen LogP contribution in [0.1, 0.15) is 5.56 Å². The third kappa shape index (κ3) is 2.01. The molecule has 0 atom stereocenters. The zero-order valence-electron chi connectivity index (χ0n) is 9.64. The first kappa shape index (κ1) is 9.96. The lowest BCUT2D eigenvalue weighted by Crippen LogP contribution is -1.97. The van der Waals surface area contributed by atoms with E-state index in [9.17, 15) is 0 Å². The van der Waals surface area contributed by atoms with Crippen molar-refractivity contribution in [3.63, 3.8) is 0 Å². The number of hydrogen-bond acceptors (Lipinski definition) is 2. The maximum absolute atomic E-state index is 4.01. The van der Waals surface area contributed by atoms with E-state index in [1.807, 2.05) is 19.3 Å². The molecule has 0 bridgehead atoms. The molecular formula is C13H14N4. The van der Waals surface area contributed by atoms with E-state index in [1.165, 1.54) is 5.56 Å². The van der Waals surface area contributed by atoms with Crippen LogP contribution >= 0.6 is 0 Å². The molecule has 86 valence electrons. The third-order valence-corrected chi connectivity index (χ3v) is 2.83. The van der Waals surface area contributed by atoms with Gasteiger partial charge in [0.1, 0.15) is 0 Å². The van der Waals surface area contributed by atoms with E-state index in [0.29, 0.717) is 0 Å². The molecule has 0 aliphatic carbocycles. The minimum atomic E-state index is 0.837. The van der Waals surface area contributed by atoms with Crippen molar-refractivity contribution >= 4 is 16.6 Å². The summed E-state index contributed by atoms with van der Waals surface area (Å²) in [7, 11) is 2.03. The maximum Gasteiger partial charge on any atom is 0.0651 e. The zero-order chi connectivity index (χ0) is 11.7. The van der Waals surface area contributed by atoms with Gasteiger partial charge >= 0.3 is 0 Å². The molecule has 0 amide bonds. The van der Waals surface area contributed by atoms with Gasteiger partial charge in [0.05, 0.1) is 11.7 Å². The summed E-state index contributed by atoms with van der Waals surface area (Å²) in [6.07, 6.45) is 6.00. The summed E-state index contributed by atoms with van der Waals surface area (Å²) in [6.45, 7) is 0.837. The van der Waals surface area contributed by atoms with Crippen LogP contribution in [0.25, 0.3) is 10.9 Å². The normalized spacial score (nSPS) is 10.9. The van der Waals surface area contributed by atoms with Gasteiger partial charge in [-0.2, -0.15) is 5.10 Å². The second kappa shape index (κ2) is 3.97. The van der Waals surface area contributed by atoms with Gasteiger partial charge in [0, 0.05) is 37.1 Å². The van der Waals surface area contributed by atoms with Crippen molar-refractivity contribution in [1.29, 1.82) is 0 Å². The van der Waals surface area contributed by atoms with E-state index in [1.54, 1.807) is 0 Å². The molecule has 2 aromatic heterocycles. The standard InChI is InChI=1S/C13H14N4/c1-17-5-4-10(9-17)7-14-12-2-3-13-11(6-12)8-15-16-13/h2-6,8-9,14H,7H2,1H3,(H,15,16). The Morgan fingerprint density at radius 3 is 3.12 bits per heavy atom. The molecule has 2 N–H and O–H groups in total. The number of H-pyrrole nitrogens is 1. The number of fused-ring (bicyclic) bond motifs is 1. The van der Waals surface area contributed by atoms with Crippen LogP contribution in [0.3, 0.4) is 0 Å². The van der Waals surface area contributed by atoms with Crippen molar-refractivity contribution < 1.29 is 0 Å². The molecule has 0 saturated heterocycles. The number of aromatic nitrogens is 3. The molecule has 2 heterocycles. The number of nitrogens with zero attached hydrogens (tertiary/aromatic N) is 2. The number of benzene rings is 1. The quantitative estimate of drug-likeness (QED) is 0.720. The Bertz CT molecular complexity index is 635. The Morgan fingerprint density at radius 2 is 2.29 bits per heavy atom. The molecule has 0 radical (unpaired) electrons. The lowest BCUT2D eigenvalue weighted by molar-refractivity contribution is 0.920. The summed E-state index contributed by atoms with van der Waals surface area (Å²) in [6, 6.07) is 8.31. The molecule has 0 unspecified atom stereocenters. The average molecular weight is 226 g/mol. The number of aryl methyl sites for hydroxylation is 1. The highest BCUT2D eigenvalue weighted by atomic mass is 15.1. The van der Waals surface area contributed by atoms with Crippen LogP contribution in [0.4, 0.5) is 5.69 Å². The molecule has 4 heteroatoms. The number of hydrogen-bond donors (Lipinski definition) is 2. The van der Waals surface area contributed by atoms with Crippen molar-refractivity contribution in [1.82, 2.24) is 14.8 Å². The van der Waals surface area contributed by atoms with Gasteiger partial charge < -0.3 is 9.88 Å². The summed E-state index contributed by atoms with van der Waals surface area (Å²) in [5.74, 6) is 0. The fraction of sp³-hybridized carbons (Fsp3) is 0.154. The molecule has 0 aliphatic rings. The van der Waals surface area contributed by atoms with E-state index >= 15 is 0 Å². The molecule has 3 aromatic rings. The van der Waals surface area contributed by atoms with E-state index in [-0.39, 0.29) is 0 Å². The fourth-order valence-electron chi connectivity index (χ4n) is 1.92. The molecule has 1 aromatic carbocycles. The van der Waals surface area contributed by atoms with Crippen molar-refractivity contribution in [3.8, 4) is 0 Å². The maximum atomic E-state index is 4.01. The second-order valence-electron chi connectivity index (χ2n) is 4.21. The minimum Gasteiger partial charge on any atom is -0.381 e. The van der Waals surface area contributed by atoms with Crippen LogP contribution in [0.5, 0.6) is 0 Å². The Morgan fingerprint density at radius 1 is 1.35 bits per heavy atom. The SMILES string of the molecule is Cn1ccc(CNc2ccc3[nH]ncc3c2)c1. The predicted octanol–water partition coefficient (Wildman–Crippen LogP) is 2.51. The zero-order valence-corrected chi connectivity index (χ0v) is 9.64. The van der Waals surface area contributed by atoms with E-state index in [2.05, 4.69) is 50.7 Å². The summed E-state index contributed by atoms with van der Waals surface area (Å²) in [5, 5.41) is 11.5. The Kier molecular flexibility index (Phi) is 2.33. The molecule has 0 aliphatic heterocycles. The third-order valence-electron chi connectivity index (χ3n) is 2.83. The van der Waals surface area contributed by atoms with Crippen LogP contribution in [0.15, 0.2) is 42.9 Å². The average Bonchev–Trinajstić information content (AvgIpc) is 2.94. The van der Waals surface area contributed by atoms with Crippen molar-refractivity contribution in [2.24, 2.45) is 7.05 Å². The van der Waals surface area contributed by atoms with Gasteiger partial charge in [0.15, 0.2) is 0 Å². The Hall–Kier alpha value is -2.23. The molecular weight excluding hydrogens is 212 g/mol. The van der Waals surface area contributed by atoms with Gasteiger partial charge in [-0.15, -0.1) is 0 Å². The van der Waals surface area contributed by atoms with E-state index < -0.39 is 0 Å². The van der Waals surface area contributed by atoms with Crippen molar-refractivity contribution in [2.45, 2.75) is 6.54 Å². The van der Waals surface area contributed by atoms with Gasteiger partial charge in [0.25, 0.3) is 0 Å². The number of rotatable bonds is 3. The Balaban J connectivity index is 1.76. The van der Waals surface area contributed by atoms with Crippen LogP contribution < -0.4 is 5.32 Å². The lowest BCUT2D eigenvalue weighted by atomic mass is 10.2. The first-order valence-corrected chi connectivity index (χ1v) is 5.59. The molecule has 0 spiro atoms. The summed E-state index contributed by atoms with van der Waals surface area (Å²) >= 11 is 0. The molecule has 3 rings (SSSR count). The van der Waals surface area contributed by atoms with Gasteiger partial charge in [-0.3, -0.25) is 5.10 Å². The van der Waals surface area contributed by atoms with Crippen LogP contribution in [-0.4, -0.2) is 14.8 Å². The van der Waals surface area contributed by atoms with Gasteiger partial charge in [-0.05, 0) is 29.8 Å². The van der Waals surface area contributed by atoms with Gasteiger partial charge in [-0.25, -0.2) is 0 Å². The summed E-state index contributed by atoms with van der Waals surface area (Å²) in [5.41, 5.74) is 3.46. The van der Waals surface area contributed by atoms with Gasteiger partial charge in [0.2, 0.25) is 0 Å². The van der Waals surface area contributed by atoms with Crippen molar-refractivity contribution in [2.75, 3.05) is 5.32 Å². The predicted molar refractivity (Wildman–Crippen MR) is 68.8 cm³/mol. The first-order valence-electron chi connectivity index (χ1n) is 5.59. The van der Waals surface area contributed by atoms with Gasteiger partial charge in [-0.1, -0.05) is 0 Å².